The first-order valence-corrected chi connectivity index (χ1v) is 7.75. The Balaban J connectivity index is 1.84. The number of rotatable bonds is 6. The number of aromatic nitrogens is 1. The van der Waals surface area contributed by atoms with Gasteiger partial charge in [-0.2, -0.15) is 4.73 Å². The number of ether oxygens (including phenoxy) is 1. The molecule has 1 heterocycles. The number of carbonyl (C=O) groups excluding carboxylic acids is 2. The van der Waals surface area contributed by atoms with Gasteiger partial charge in [0.1, 0.15) is 0 Å². The van der Waals surface area contributed by atoms with Gasteiger partial charge in [-0.25, -0.2) is 4.79 Å². The van der Waals surface area contributed by atoms with Crippen molar-refractivity contribution in [2.45, 2.75) is 26.2 Å². The highest BCUT2D eigenvalue weighted by Gasteiger charge is 2.11. The number of esters is 1. The first-order valence-electron chi connectivity index (χ1n) is 7.75. The first-order chi connectivity index (χ1) is 11.5. The Labute approximate surface area is 140 Å². The minimum Gasteiger partial charge on any atom is -0.619 e. The van der Waals surface area contributed by atoms with Crippen LogP contribution < -0.4 is 10.0 Å². The van der Waals surface area contributed by atoms with E-state index in [1.54, 1.807) is 0 Å². The molecule has 6 heteroatoms. The van der Waals surface area contributed by atoms with E-state index in [9.17, 15) is 14.8 Å². The van der Waals surface area contributed by atoms with Gasteiger partial charge in [-0.05, 0) is 30.0 Å². The maximum atomic E-state index is 11.8. The molecule has 2 rings (SSSR count). The summed E-state index contributed by atoms with van der Waals surface area (Å²) in [7, 11) is 0. The van der Waals surface area contributed by atoms with Crippen LogP contribution in [-0.2, 0) is 9.53 Å². The Morgan fingerprint density at radius 1 is 1.17 bits per heavy atom. The van der Waals surface area contributed by atoms with Crippen LogP contribution >= 0.6 is 0 Å². The summed E-state index contributed by atoms with van der Waals surface area (Å²) in [5.74, 6) is -0.610. The fraction of sp³-hybridized carbons (Fsp3) is 0.278. The van der Waals surface area contributed by atoms with E-state index >= 15 is 0 Å². The van der Waals surface area contributed by atoms with E-state index in [-0.39, 0.29) is 5.56 Å². The van der Waals surface area contributed by atoms with Crippen LogP contribution in [0.4, 0.5) is 5.69 Å². The topological polar surface area (TPSA) is 82.3 Å². The van der Waals surface area contributed by atoms with Gasteiger partial charge in [0.05, 0.1) is 5.56 Å². The van der Waals surface area contributed by atoms with Crippen molar-refractivity contribution in [3.05, 3.63) is 65.1 Å². The summed E-state index contributed by atoms with van der Waals surface area (Å²) in [5, 5.41) is 13.6. The fourth-order valence-electron chi connectivity index (χ4n) is 2.09. The summed E-state index contributed by atoms with van der Waals surface area (Å²) in [6.45, 7) is 3.88. The molecule has 0 fully saturated rings. The predicted octanol–water partition coefficient (Wildman–Crippen LogP) is 2.63. The second-order valence-corrected chi connectivity index (χ2v) is 5.50. The molecule has 126 valence electrons. The molecule has 0 unspecified atom stereocenters. The Morgan fingerprint density at radius 3 is 2.38 bits per heavy atom. The van der Waals surface area contributed by atoms with Crippen molar-refractivity contribution in [2.24, 2.45) is 0 Å². The molecule has 1 aromatic heterocycles. The average Bonchev–Trinajstić information content (AvgIpc) is 2.60. The van der Waals surface area contributed by atoms with Crippen molar-refractivity contribution < 1.29 is 19.1 Å². The molecule has 0 saturated carbocycles. The molecule has 0 bridgehead atoms. The summed E-state index contributed by atoms with van der Waals surface area (Å²) >= 11 is 0. The lowest BCUT2D eigenvalue weighted by Crippen LogP contribution is -2.25. The molecule has 0 radical (unpaired) electrons. The van der Waals surface area contributed by atoms with Crippen molar-refractivity contribution >= 4 is 17.6 Å². The third-order valence-corrected chi connectivity index (χ3v) is 3.75. The van der Waals surface area contributed by atoms with Gasteiger partial charge in [0.15, 0.2) is 19.0 Å². The van der Waals surface area contributed by atoms with Crippen LogP contribution in [0.3, 0.4) is 0 Å². The number of hydrogen-bond acceptors (Lipinski definition) is 4. The molecule has 2 aromatic rings. The van der Waals surface area contributed by atoms with E-state index in [2.05, 4.69) is 19.2 Å². The average molecular weight is 328 g/mol. The number of amides is 1. The highest BCUT2D eigenvalue weighted by atomic mass is 16.5. The van der Waals surface area contributed by atoms with Crippen LogP contribution in [0.25, 0.3) is 0 Å². The SMILES string of the molecule is CC[C@H](C)c1ccc(NC(=O)COC(=O)c2cc[n+]([O-])cc2)cc1. The number of pyridine rings is 1. The van der Waals surface area contributed by atoms with E-state index < -0.39 is 18.5 Å². The van der Waals surface area contributed by atoms with Gasteiger partial charge in [-0.3, -0.25) is 4.79 Å². The molecule has 0 aliphatic rings. The standard InChI is InChI=1S/C18H20N2O4/c1-3-13(2)14-4-6-16(7-5-14)19-17(21)12-24-18(22)15-8-10-20(23)11-9-15/h4-11,13H,3,12H2,1-2H3,(H,19,21)/t13-/m0/s1. The van der Waals surface area contributed by atoms with Crippen molar-refractivity contribution in [3.63, 3.8) is 0 Å². The van der Waals surface area contributed by atoms with Gasteiger partial charge in [0.2, 0.25) is 0 Å². The molecule has 1 N–H and O–H groups in total. The van der Waals surface area contributed by atoms with Crippen LogP contribution in [0.1, 0.15) is 42.1 Å². The molecule has 1 amide bonds. The monoisotopic (exact) mass is 328 g/mol. The minimum atomic E-state index is -0.655. The lowest BCUT2D eigenvalue weighted by atomic mass is 9.99. The highest BCUT2D eigenvalue weighted by molar-refractivity contribution is 5.95. The number of benzene rings is 1. The zero-order valence-corrected chi connectivity index (χ0v) is 13.7. The summed E-state index contributed by atoms with van der Waals surface area (Å²) in [6.07, 6.45) is 3.43. The zero-order valence-electron chi connectivity index (χ0n) is 13.7. The molecule has 6 nitrogen and oxygen atoms in total. The highest BCUT2D eigenvalue weighted by Crippen LogP contribution is 2.20. The number of nitrogens with zero attached hydrogens (tertiary/aromatic N) is 1. The van der Waals surface area contributed by atoms with E-state index in [1.807, 2.05) is 24.3 Å². The summed E-state index contributed by atoms with van der Waals surface area (Å²) < 4.78 is 5.48. The first kappa shape index (κ1) is 17.5. The summed E-state index contributed by atoms with van der Waals surface area (Å²) in [4.78, 5) is 23.6. The molecule has 1 aromatic carbocycles. The predicted molar refractivity (Wildman–Crippen MR) is 89.5 cm³/mol. The van der Waals surface area contributed by atoms with Gasteiger partial charge < -0.3 is 15.3 Å². The second-order valence-electron chi connectivity index (χ2n) is 5.50. The molecule has 0 saturated heterocycles. The van der Waals surface area contributed by atoms with Gasteiger partial charge in [-0.15, -0.1) is 0 Å². The molecule has 1 atom stereocenters. The maximum absolute atomic E-state index is 11.8. The van der Waals surface area contributed by atoms with Crippen LogP contribution in [-0.4, -0.2) is 18.5 Å². The van der Waals surface area contributed by atoms with Gasteiger partial charge >= 0.3 is 5.97 Å². The molecule has 0 spiro atoms. The van der Waals surface area contributed by atoms with Gasteiger partial charge in [0.25, 0.3) is 5.91 Å². The van der Waals surface area contributed by atoms with E-state index in [1.165, 1.54) is 30.1 Å². The molecule has 0 aliphatic carbocycles. The third kappa shape index (κ3) is 4.81. The minimum absolute atomic E-state index is 0.216. The number of hydrogen-bond donors (Lipinski definition) is 1. The smallest absolute Gasteiger partial charge is 0.339 e. The lowest BCUT2D eigenvalue weighted by Gasteiger charge is -2.10. The Morgan fingerprint density at radius 2 is 1.79 bits per heavy atom. The van der Waals surface area contributed by atoms with Crippen LogP contribution in [0, 0.1) is 5.21 Å². The normalized spacial score (nSPS) is 11.6. The van der Waals surface area contributed by atoms with E-state index in [0.29, 0.717) is 16.3 Å². The fourth-order valence-corrected chi connectivity index (χ4v) is 2.09. The quantitative estimate of drug-likeness (QED) is 0.502. The molecule has 24 heavy (non-hydrogen) atoms. The van der Waals surface area contributed by atoms with Crippen LogP contribution in [0.2, 0.25) is 0 Å². The van der Waals surface area contributed by atoms with Gasteiger partial charge in [0, 0.05) is 17.8 Å². The van der Waals surface area contributed by atoms with Crippen molar-refractivity contribution in [3.8, 4) is 0 Å². The third-order valence-electron chi connectivity index (χ3n) is 3.75. The summed E-state index contributed by atoms with van der Waals surface area (Å²) in [5.41, 5.74) is 2.07. The number of carbonyl (C=O) groups is 2. The van der Waals surface area contributed by atoms with Crippen molar-refractivity contribution in [1.82, 2.24) is 0 Å². The van der Waals surface area contributed by atoms with E-state index in [0.717, 1.165) is 6.42 Å². The lowest BCUT2D eigenvalue weighted by molar-refractivity contribution is -0.605. The number of nitrogens with one attached hydrogen (secondary N) is 1. The Bertz CT molecular complexity index is 696. The maximum Gasteiger partial charge on any atom is 0.339 e. The van der Waals surface area contributed by atoms with Crippen LogP contribution in [0.5, 0.6) is 0 Å². The second kappa shape index (κ2) is 8.10. The molecular formula is C18H20N2O4. The zero-order chi connectivity index (χ0) is 17.5. The number of anilines is 1. The van der Waals surface area contributed by atoms with Crippen molar-refractivity contribution in [2.75, 3.05) is 11.9 Å². The molecular weight excluding hydrogens is 308 g/mol. The Hall–Kier alpha value is -2.89. The Kier molecular flexibility index (Phi) is 5.89. The largest absolute Gasteiger partial charge is 0.619 e. The summed E-state index contributed by atoms with van der Waals surface area (Å²) in [6, 6.07) is 10.3. The van der Waals surface area contributed by atoms with E-state index in [4.69, 9.17) is 4.74 Å². The van der Waals surface area contributed by atoms with Gasteiger partial charge in [-0.1, -0.05) is 26.0 Å². The molecule has 0 aliphatic heterocycles. The van der Waals surface area contributed by atoms with Crippen LogP contribution in [0.15, 0.2) is 48.8 Å². The van der Waals surface area contributed by atoms with Crippen molar-refractivity contribution in [1.29, 1.82) is 0 Å².